The Morgan fingerprint density at radius 1 is 1.11 bits per heavy atom. The van der Waals surface area contributed by atoms with Gasteiger partial charge in [0, 0.05) is 16.6 Å². The highest BCUT2D eigenvalue weighted by Crippen LogP contribution is 2.28. The largest absolute Gasteiger partial charge is 0.354 e. The fraction of sp³-hybridized carbons (Fsp3) is 0.350. The van der Waals surface area contributed by atoms with Crippen LogP contribution in [-0.2, 0) is 21.2 Å². The number of nitrogens with zero attached hydrogens (tertiary/aromatic N) is 1. The highest BCUT2D eigenvalue weighted by atomic mass is 35.5. The smallest absolute Gasteiger partial charge is 0.243 e. The molecule has 5 nitrogen and oxygen atoms in total. The van der Waals surface area contributed by atoms with Gasteiger partial charge >= 0.3 is 0 Å². The molecule has 2 aromatic rings. The normalized spacial score (nSPS) is 12.5. The molecule has 152 valence electrons. The van der Waals surface area contributed by atoms with Gasteiger partial charge in [0.15, 0.2) is 0 Å². The van der Waals surface area contributed by atoms with E-state index in [1.807, 2.05) is 24.3 Å². The summed E-state index contributed by atoms with van der Waals surface area (Å²) in [6, 6.07) is 11.6. The molecule has 2 rings (SSSR count). The molecule has 0 saturated heterocycles. The SMILES string of the molecule is Cc1ccc(Cl)cc1N(C(C)C(=O)NCCCc1ccc(Cl)cc1)S(C)(=O)=O. The number of carbonyl (C=O) groups excluding carboxylic acids is 1. The van der Waals surface area contributed by atoms with Gasteiger partial charge in [-0.25, -0.2) is 8.42 Å². The number of aryl methyl sites for hydroxylation is 2. The first kappa shape index (κ1) is 22.5. The second-order valence-electron chi connectivity index (χ2n) is 6.69. The average Bonchev–Trinajstić information content (AvgIpc) is 2.62. The van der Waals surface area contributed by atoms with Gasteiger partial charge in [-0.2, -0.15) is 0 Å². The molecule has 0 spiro atoms. The third-order valence-corrected chi connectivity index (χ3v) is 6.07. The van der Waals surface area contributed by atoms with Crippen molar-refractivity contribution in [2.45, 2.75) is 32.7 Å². The van der Waals surface area contributed by atoms with Crippen molar-refractivity contribution in [2.75, 3.05) is 17.1 Å². The monoisotopic (exact) mass is 442 g/mol. The lowest BCUT2D eigenvalue weighted by Crippen LogP contribution is -2.48. The molecule has 0 heterocycles. The molecule has 0 bridgehead atoms. The van der Waals surface area contributed by atoms with Crippen molar-refractivity contribution in [2.24, 2.45) is 0 Å². The van der Waals surface area contributed by atoms with Crippen molar-refractivity contribution < 1.29 is 13.2 Å². The van der Waals surface area contributed by atoms with Crippen LogP contribution in [0.25, 0.3) is 0 Å². The standard InChI is InChI=1S/C20H24Cl2N2O3S/c1-14-6-9-18(22)13-19(14)24(28(3,26)27)15(2)20(25)23-12-4-5-16-7-10-17(21)11-8-16/h6-11,13,15H,4-5,12H2,1-3H3,(H,23,25). The first-order valence-electron chi connectivity index (χ1n) is 8.87. The van der Waals surface area contributed by atoms with E-state index in [9.17, 15) is 13.2 Å². The van der Waals surface area contributed by atoms with Crippen molar-refractivity contribution in [3.05, 3.63) is 63.6 Å². The van der Waals surface area contributed by atoms with Gasteiger partial charge in [0.25, 0.3) is 0 Å². The number of halogens is 2. The first-order valence-corrected chi connectivity index (χ1v) is 11.5. The third-order valence-electron chi connectivity index (χ3n) is 4.35. The molecule has 0 saturated carbocycles. The van der Waals surface area contributed by atoms with Crippen LogP contribution >= 0.6 is 23.2 Å². The lowest BCUT2D eigenvalue weighted by molar-refractivity contribution is -0.121. The van der Waals surface area contributed by atoms with Gasteiger partial charge in [-0.05, 0) is 62.1 Å². The Balaban J connectivity index is 2.03. The number of sulfonamides is 1. The summed E-state index contributed by atoms with van der Waals surface area (Å²) in [4.78, 5) is 12.6. The molecule has 1 N–H and O–H groups in total. The minimum absolute atomic E-state index is 0.360. The summed E-state index contributed by atoms with van der Waals surface area (Å²) < 4.78 is 25.9. The Morgan fingerprint density at radius 3 is 2.32 bits per heavy atom. The van der Waals surface area contributed by atoms with Gasteiger partial charge in [-0.3, -0.25) is 9.10 Å². The van der Waals surface area contributed by atoms with E-state index in [0.717, 1.165) is 34.5 Å². The molecule has 1 amide bonds. The van der Waals surface area contributed by atoms with Gasteiger partial charge in [0.1, 0.15) is 6.04 Å². The highest BCUT2D eigenvalue weighted by Gasteiger charge is 2.30. The minimum atomic E-state index is -3.68. The molecule has 0 aliphatic carbocycles. The molecule has 1 unspecified atom stereocenters. The van der Waals surface area contributed by atoms with Crippen molar-refractivity contribution in [1.29, 1.82) is 0 Å². The van der Waals surface area contributed by atoms with Gasteiger partial charge in [-0.1, -0.05) is 41.4 Å². The van der Waals surface area contributed by atoms with E-state index in [1.54, 1.807) is 32.0 Å². The molecule has 8 heteroatoms. The summed E-state index contributed by atoms with van der Waals surface area (Å²) in [5.41, 5.74) is 2.25. The van der Waals surface area contributed by atoms with E-state index in [4.69, 9.17) is 23.2 Å². The third kappa shape index (κ3) is 6.12. The van der Waals surface area contributed by atoms with E-state index >= 15 is 0 Å². The van der Waals surface area contributed by atoms with Crippen molar-refractivity contribution in [3.8, 4) is 0 Å². The second kappa shape index (κ2) is 9.63. The van der Waals surface area contributed by atoms with E-state index in [-0.39, 0.29) is 5.91 Å². The van der Waals surface area contributed by atoms with Gasteiger partial charge in [0.2, 0.25) is 15.9 Å². The highest BCUT2D eigenvalue weighted by molar-refractivity contribution is 7.92. The second-order valence-corrected chi connectivity index (χ2v) is 9.42. The summed E-state index contributed by atoms with van der Waals surface area (Å²) in [6.07, 6.45) is 2.60. The van der Waals surface area contributed by atoms with Crippen molar-refractivity contribution in [3.63, 3.8) is 0 Å². The van der Waals surface area contributed by atoms with Crippen LogP contribution in [0.4, 0.5) is 5.69 Å². The van der Waals surface area contributed by atoms with Crippen LogP contribution in [0.2, 0.25) is 10.0 Å². The van der Waals surface area contributed by atoms with E-state index in [2.05, 4.69) is 5.32 Å². The molecule has 1 atom stereocenters. The van der Waals surface area contributed by atoms with Gasteiger partial charge in [0.05, 0.1) is 11.9 Å². The minimum Gasteiger partial charge on any atom is -0.354 e. The number of nitrogens with one attached hydrogen (secondary N) is 1. The van der Waals surface area contributed by atoms with Crippen LogP contribution in [0.3, 0.4) is 0 Å². The Hall–Kier alpha value is -1.76. The topological polar surface area (TPSA) is 66.5 Å². The predicted octanol–water partition coefficient (Wildman–Crippen LogP) is 4.21. The number of hydrogen-bond acceptors (Lipinski definition) is 3. The van der Waals surface area contributed by atoms with E-state index < -0.39 is 16.1 Å². The molecule has 28 heavy (non-hydrogen) atoms. The molecule has 0 fully saturated rings. The molecule has 2 aromatic carbocycles. The number of hydrogen-bond donors (Lipinski definition) is 1. The van der Waals surface area contributed by atoms with Crippen LogP contribution in [0.5, 0.6) is 0 Å². The molecule has 0 radical (unpaired) electrons. The maximum absolute atomic E-state index is 12.6. The average molecular weight is 443 g/mol. The zero-order valence-electron chi connectivity index (χ0n) is 16.1. The number of carbonyl (C=O) groups is 1. The molecular formula is C20H24Cl2N2O3S. The Bertz CT molecular complexity index is 931. The van der Waals surface area contributed by atoms with Crippen molar-refractivity contribution >= 4 is 44.8 Å². The van der Waals surface area contributed by atoms with Gasteiger partial charge in [-0.15, -0.1) is 0 Å². The Morgan fingerprint density at radius 2 is 1.71 bits per heavy atom. The molecule has 0 aliphatic heterocycles. The van der Waals surface area contributed by atoms with Crippen LogP contribution in [-0.4, -0.2) is 33.2 Å². The number of benzene rings is 2. The summed E-state index contributed by atoms with van der Waals surface area (Å²) in [6.45, 7) is 3.79. The molecular weight excluding hydrogens is 419 g/mol. The molecule has 0 aliphatic rings. The van der Waals surface area contributed by atoms with Crippen LogP contribution in [0.15, 0.2) is 42.5 Å². The number of amides is 1. The molecule has 0 aromatic heterocycles. The quantitative estimate of drug-likeness (QED) is 0.622. The summed E-state index contributed by atoms with van der Waals surface area (Å²) in [5.74, 6) is -0.360. The van der Waals surface area contributed by atoms with Crippen LogP contribution in [0.1, 0.15) is 24.5 Å². The lowest BCUT2D eigenvalue weighted by atomic mass is 10.1. The lowest BCUT2D eigenvalue weighted by Gasteiger charge is -2.29. The summed E-state index contributed by atoms with van der Waals surface area (Å²) in [5, 5.41) is 3.91. The number of rotatable bonds is 8. The van der Waals surface area contributed by atoms with Gasteiger partial charge < -0.3 is 5.32 Å². The Kier molecular flexibility index (Phi) is 7.75. The van der Waals surface area contributed by atoms with E-state index in [0.29, 0.717) is 22.3 Å². The number of anilines is 1. The maximum atomic E-state index is 12.6. The zero-order chi connectivity index (χ0) is 20.9. The van der Waals surface area contributed by atoms with Crippen molar-refractivity contribution in [1.82, 2.24) is 5.32 Å². The van der Waals surface area contributed by atoms with E-state index in [1.165, 1.54) is 0 Å². The predicted molar refractivity (Wildman–Crippen MR) is 116 cm³/mol. The fourth-order valence-corrected chi connectivity index (χ4v) is 4.42. The fourth-order valence-electron chi connectivity index (χ4n) is 2.90. The zero-order valence-corrected chi connectivity index (χ0v) is 18.4. The summed E-state index contributed by atoms with van der Waals surface area (Å²) in [7, 11) is -3.68. The van der Waals surface area contributed by atoms with Crippen LogP contribution in [0, 0.1) is 6.92 Å². The Labute approximate surface area is 176 Å². The maximum Gasteiger partial charge on any atom is 0.243 e. The first-order chi connectivity index (χ1) is 13.1. The van der Waals surface area contributed by atoms with Crippen LogP contribution < -0.4 is 9.62 Å². The summed E-state index contributed by atoms with van der Waals surface area (Å²) >= 11 is 11.9.